The van der Waals surface area contributed by atoms with Gasteiger partial charge in [0, 0.05) is 23.7 Å². The summed E-state index contributed by atoms with van der Waals surface area (Å²) in [6, 6.07) is 10.6. The Kier molecular flexibility index (Phi) is 6.38. The van der Waals surface area contributed by atoms with E-state index in [2.05, 4.69) is 15.4 Å². The number of carbonyl (C=O) groups is 1. The number of benzene rings is 2. The second kappa shape index (κ2) is 9.39. The summed E-state index contributed by atoms with van der Waals surface area (Å²) in [5, 5.41) is 18.7. The Labute approximate surface area is 196 Å². The summed E-state index contributed by atoms with van der Waals surface area (Å²) in [7, 11) is 0. The smallest absolute Gasteiger partial charge is 0.269 e. The number of hydrogen-bond acceptors (Lipinski definition) is 6. The highest BCUT2D eigenvalue weighted by atomic mass is 35.5. The molecule has 12 heteroatoms. The van der Waals surface area contributed by atoms with E-state index in [9.17, 15) is 19.7 Å². The van der Waals surface area contributed by atoms with Gasteiger partial charge in [-0.3, -0.25) is 24.3 Å². The highest BCUT2D eigenvalue weighted by molar-refractivity contribution is 6.36. The third kappa shape index (κ3) is 4.86. The maximum atomic E-state index is 12.8. The third-order valence-electron chi connectivity index (χ3n) is 4.91. The number of nitrogens with one attached hydrogen (secondary N) is 1. The van der Waals surface area contributed by atoms with Crippen molar-refractivity contribution in [2.75, 3.05) is 6.54 Å². The zero-order chi connectivity index (χ0) is 23.5. The van der Waals surface area contributed by atoms with Crippen LogP contribution in [-0.4, -0.2) is 36.7 Å². The average molecular weight is 487 g/mol. The van der Waals surface area contributed by atoms with Gasteiger partial charge in [-0.2, -0.15) is 5.10 Å². The molecule has 2 heterocycles. The number of nitro groups is 1. The van der Waals surface area contributed by atoms with Crippen LogP contribution in [-0.2, 0) is 13.1 Å². The Hall–Kier alpha value is -3.76. The number of carbonyl (C=O) groups excluding carboxylic acids is 1. The summed E-state index contributed by atoms with van der Waals surface area (Å²) < 4.78 is 2.93. The van der Waals surface area contributed by atoms with E-state index in [-0.39, 0.29) is 35.3 Å². The highest BCUT2D eigenvalue weighted by Gasteiger charge is 2.13. The Balaban J connectivity index is 1.45. The van der Waals surface area contributed by atoms with E-state index >= 15 is 0 Å². The fourth-order valence-corrected chi connectivity index (χ4v) is 3.73. The van der Waals surface area contributed by atoms with Crippen LogP contribution < -0.4 is 10.9 Å². The molecule has 0 bridgehead atoms. The van der Waals surface area contributed by atoms with Crippen molar-refractivity contribution in [2.45, 2.75) is 13.1 Å². The Bertz CT molecular complexity index is 1410. The molecule has 0 fully saturated rings. The van der Waals surface area contributed by atoms with Crippen LogP contribution in [0.5, 0.6) is 0 Å². The number of non-ortho nitro benzene ring substituents is 1. The van der Waals surface area contributed by atoms with Gasteiger partial charge in [-0.1, -0.05) is 35.3 Å². The van der Waals surface area contributed by atoms with Gasteiger partial charge < -0.3 is 5.32 Å². The standard InChI is InChI=1S/C21H16Cl2N6O4/c22-14-3-6-16(18(23)9-14)20(30)24-7-8-28-19-17(10-26-28)21(31)27(12-25-19)11-13-1-4-15(5-2-13)29(32)33/h1-6,9-10,12H,7-8,11H2,(H,24,30). The molecule has 0 aliphatic rings. The second-order valence-corrected chi connectivity index (χ2v) is 7.93. The molecule has 0 saturated carbocycles. The first-order valence-corrected chi connectivity index (χ1v) is 10.5. The number of halogens is 2. The topological polar surface area (TPSA) is 125 Å². The first-order valence-electron chi connectivity index (χ1n) is 9.71. The zero-order valence-electron chi connectivity index (χ0n) is 16.9. The van der Waals surface area contributed by atoms with Crippen LogP contribution in [0.15, 0.2) is 59.8 Å². The first-order chi connectivity index (χ1) is 15.8. The number of rotatable bonds is 7. The van der Waals surface area contributed by atoms with Crippen LogP contribution in [0.4, 0.5) is 5.69 Å². The van der Waals surface area contributed by atoms with Gasteiger partial charge in [-0.25, -0.2) is 9.67 Å². The molecule has 168 valence electrons. The number of amides is 1. The lowest BCUT2D eigenvalue weighted by Crippen LogP contribution is -2.28. The molecule has 4 rings (SSSR count). The lowest BCUT2D eigenvalue weighted by molar-refractivity contribution is -0.384. The van der Waals surface area contributed by atoms with Crippen LogP contribution in [0.25, 0.3) is 11.0 Å². The largest absolute Gasteiger partial charge is 0.350 e. The van der Waals surface area contributed by atoms with Gasteiger partial charge in [0.15, 0.2) is 5.65 Å². The molecule has 10 nitrogen and oxygen atoms in total. The van der Waals surface area contributed by atoms with Crippen LogP contribution in [0.3, 0.4) is 0 Å². The quantitative estimate of drug-likeness (QED) is 0.315. The van der Waals surface area contributed by atoms with E-state index in [0.717, 1.165) is 5.56 Å². The molecule has 1 amide bonds. The van der Waals surface area contributed by atoms with Crippen molar-refractivity contribution in [3.63, 3.8) is 0 Å². The summed E-state index contributed by atoms with van der Waals surface area (Å²) in [6.45, 7) is 0.740. The number of aromatic nitrogens is 4. The molecule has 0 aliphatic heterocycles. The van der Waals surface area contributed by atoms with Gasteiger partial charge in [0.05, 0.1) is 34.8 Å². The summed E-state index contributed by atoms with van der Waals surface area (Å²) in [4.78, 5) is 39.8. The fraction of sp³-hybridized carbons (Fsp3) is 0.143. The van der Waals surface area contributed by atoms with Gasteiger partial charge in [-0.15, -0.1) is 0 Å². The monoisotopic (exact) mass is 486 g/mol. The van der Waals surface area contributed by atoms with E-state index in [1.807, 2.05) is 0 Å². The summed E-state index contributed by atoms with van der Waals surface area (Å²) in [6.07, 6.45) is 2.82. The third-order valence-corrected chi connectivity index (χ3v) is 5.46. The molecule has 1 N–H and O–H groups in total. The molecule has 0 unspecified atom stereocenters. The van der Waals surface area contributed by atoms with Gasteiger partial charge in [0.1, 0.15) is 11.7 Å². The average Bonchev–Trinajstić information content (AvgIpc) is 3.19. The van der Waals surface area contributed by atoms with Gasteiger partial charge >= 0.3 is 0 Å². The number of nitrogens with zero attached hydrogens (tertiary/aromatic N) is 5. The highest BCUT2D eigenvalue weighted by Crippen LogP contribution is 2.20. The van der Waals surface area contributed by atoms with Crippen LogP contribution >= 0.6 is 23.2 Å². The molecule has 0 saturated heterocycles. The van der Waals surface area contributed by atoms with Crippen molar-refractivity contribution < 1.29 is 9.72 Å². The Morgan fingerprint density at radius 1 is 1.15 bits per heavy atom. The maximum absolute atomic E-state index is 12.8. The van der Waals surface area contributed by atoms with Crippen molar-refractivity contribution in [2.24, 2.45) is 0 Å². The number of fused-ring (bicyclic) bond motifs is 1. The van der Waals surface area contributed by atoms with Crippen molar-refractivity contribution >= 4 is 45.8 Å². The number of hydrogen-bond donors (Lipinski definition) is 1. The summed E-state index contributed by atoms with van der Waals surface area (Å²) in [5.41, 5.74) is 1.10. The van der Waals surface area contributed by atoms with Crippen molar-refractivity contribution in [1.29, 1.82) is 0 Å². The van der Waals surface area contributed by atoms with Gasteiger partial charge in [0.2, 0.25) is 0 Å². The molecule has 2 aromatic heterocycles. The zero-order valence-corrected chi connectivity index (χ0v) is 18.5. The lowest BCUT2D eigenvalue weighted by Gasteiger charge is -2.08. The molecule has 0 atom stereocenters. The molecule has 33 heavy (non-hydrogen) atoms. The van der Waals surface area contributed by atoms with E-state index < -0.39 is 4.92 Å². The van der Waals surface area contributed by atoms with E-state index in [4.69, 9.17) is 23.2 Å². The molecule has 2 aromatic carbocycles. The normalized spacial score (nSPS) is 11.0. The van der Waals surface area contributed by atoms with E-state index in [1.165, 1.54) is 46.0 Å². The summed E-state index contributed by atoms with van der Waals surface area (Å²) in [5.74, 6) is -0.355. The van der Waals surface area contributed by atoms with Gasteiger partial charge in [0.25, 0.3) is 17.2 Å². The second-order valence-electron chi connectivity index (χ2n) is 7.09. The predicted octanol–water partition coefficient (Wildman–Crippen LogP) is 3.29. The molecule has 0 radical (unpaired) electrons. The SMILES string of the molecule is O=C(NCCn1ncc2c(=O)n(Cc3ccc([N+](=O)[O-])cc3)cnc21)c1ccc(Cl)cc1Cl. The lowest BCUT2D eigenvalue weighted by atomic mass is 10.2. The minimum absolute atomic E-state index is 0.0219. The summed E-state index contributed by atoms with van der Waals surface area (Å²) >= 11 is 11.9. The van der Waals surface area contributed by atoms with Crippen LogP contribution in [0.2, 0.25) is 10.0 Å². The van der Waals surface area contributed by atoms with Crippen molar-refractivity contribution in [3.05, 3.63) is 96.6 Å². The molecular weight excluding hydrogens is 471 g/mol. The van der Waals surface area contributed by atoms with Crippen molar-refractivity contribution in [3.8, 4) is 0 Å². The van der Waals surface area contributed by atoms with E-state index in [1.54, 1.807) is 18.2 Å². The number of nitro benzene ring substituents is 1. The van der Waals surface area contributed by atoms with Crippen LogP contribution in [0.1, 0.15) is 15.9 Å². The Morgan fingerprint density at radius 3 is 2.61 bits per heavy atom. The molecular formula is C21H16Cl2N6O4. The predicted molar refractivity (Wildman–Crippen MR) is 123 cm³/mol. The Morgan fingerprint density at radius 2 is 1.91 bits per heavy atom. The fourth-order valence-electron chi connectivity index (χ4n) is 3.24. The molecule has 0 spiro atoms. The van der Waals surface area contributed by atoms with Crippen LogP contribution in [0, 0.1) is 10.1 Å². The minimum Gasteiger partial charge on any atom is -0.350 e. The van der Waals surface area contributed by atoms with Gasteiger partial charge in [-0.05, 0) is 23.8 Å². The van der Waals surface area contributed by atoms with E-state index in [0.29, 0.717) is 28.2 Å². The first kappa shape index (κ1) is 22.4. The minimum atomic E-state index is -0.482. The molecule has 0 aliphatic carbocycles. The maximum Gasteiger partial charge on any atom is 0.269 e. The van der Waals surface area contributed by atoms with Crippen molar-refractivity contribution in [1.82, 2.24) is 24.6 Å². The molecule has 4 aromatic rings.